The minimum atomic E-state index is -0.662. The van der Waals surface area contributed by atoms with Gasteiger partial charge in [-0.3, -0.25) is 9.36 Å². The molecule has 98 valence electrons. The van der Waals surface area contributed by atoms with Crippen molar-refractivity contribution in [3.05, 3.63) is 33.9 Å². The molecule has 2 rings (SSSR count). The molecule has 0 aliphatic carbocycles. The van der Waals surface area contributed by atoms with E-state index in [0.29, 0.717) is 17.3 Å². The lowest BCUT2D eigenvalue weighted by Gasteiger charge is -2.07. The van der Waals surface area contributed by atoms with E-state index in [1.807, 2.05) is 27.0 Å². The lowest BCUT2D eigenvalue weighted by atomic mass is 10.1. The maximum atomic E-state index is 10.2. The summed E-state index contributed by atoms with van der Waals surface area (Å²) in [4.78, 5) is 0. The van der Waals surface area contributed by atoms with Crippen LogP contribution in [0, 0.1) is 13.8 Å². The minimum Gasteiger partial charge on any atom is -0.386 e. The molecule has 1 unspecified atom stereocenters. The van der Waals surface area contributed by atoms with E-state index >= 15 is 0 Å². The van der Waals surface area contributed by atoms with Gasteiger partial charge >= 0.3 is 0 Å². The van der Waals surface area contributed by atoms with Crippen molar-refractivity contribution in [2.45, 2.75) is 26.4 Å². The molecule has 18 heavy (non-hydrogen) atoms. The number of aromatic nitrogens is 4. The molecule has 0 radical (unpaired) electrons. The summed E-state index contributed by atoms with van der Waals surface area (Å²) in [6.45, 7) is 3.84. The predicted octanol–water partition coefficient (Wildman–Crippen LogP) is 1.70. The molecule has 0 aliphatic rings. The number of hydrogen-bond acceptors (Lipinski definition) is 3. The first-order valence-electron chi connectivity index (χ1n) is 5.76. The smallest absolute Gasteiger partial charge is 0.130 e. The summed E-state index contributed by atoms with van der Waals surface area (Å²) in [6, 6.07) is 1.88. The highest BCUT2D eigenvalue weighted by Gasteiger charge is 2.18. The highest BCUT2D eigenvalue weighted by molar-refractivity contribution is 6.30. The summed E-state index contributed by atoms with van der Waals surface area (Å²) in [6.07, 6.45) is -0.236. The third kappa shape index (κ3) is 2.28. The average Bonchev–Trinajstić information content (AvgIpc) is 2.75. The van der Waals surface area contributed by atoms with E-state index in [4.69, 9.17) is 11.6 Å². The minimum absolute atomic E-state index is 0.426. The molecule has 1 N–H and O–H groups in total. The number of aryl methyl sites for hydroxylation is 4. The maximum absolute atomic E-state index is 10.2. The molecule has 0 bridgehead atoms. The molecule has 0 aromatic carbocycles. The van der Waals surface area contributed by atoms with Crippen molar-refractivity contribution in [1.29, 1.82) is 0 Å². The largest absolute Gasteiger partial charge is 0.386 e. The van der Waals surface area contributed by atoms with Gasteiger partial charge in [0.1, 0.15) is 11.3 Å². The number of halogens is 1. The zero-order valence-electron chi connectivity index (χ0n) is 11.0. The Morgan fingerprint density at radius 1 is 1.28 bits per heavy atom. The van der Waals surface area contributed by atoms with Gasteiger partial charge in [0.25, 0.3) is 0 Å². The zero-order valence-corrected chi connectivity index (χ0v) is 11.7. The van der Waals surface area contributed by atoms with E-state index in [1.165, 1.54) is 0 Å². The lowest BCUT2D eigenvalue weighted by Crippen LogP contribution is -2.04. The van der Waals surface area contributed by atoms with Gasteiger partial charge in [-0.05, 0) is 19.9 Å². The van der Waals surface area contributed by atoms with Gasteiger partial charge < -0.3 is 5.11 Å². The highest BCUT2D eigenvalue weighted by atomic mass is 35.5. The molecule has 2 aromatic heterocycles. The van der Waals surface area contributed by atoms with Gasteiger partial charge in [-0.15, -0.1) is 0 Å². The summed E-state index contributed by atoms with van der Waals surface area (Å²) in [7, 11) is 3.64. The summed E-state index contributed by atoms with van der Waals surface area (Å²) in [5.74, 6) is 0. The predicted molar refractivity (Wildman–Crippen MR) is 69.6 cm³/mol. The van der Waals surface area contributed by atoms with Crippen molar-refractivity contribution < 1.29 is 5.11 Å². The third-order valence-electron chi connectivity index (χ3n) is 3.14. The molecule has 0 spiro atoms. The SMILES string of the molecule is Cc1nn(C)c(Cl)c1CC(O)c1cc(C)n(C)n1. The van der Waals surface area contributed by atoms with E-state index in [2.05, 4.69) is 10.2 Å². The normalized spacial score (nSPS) is 13.0. The van der Waals surface area contributed by atoms with E-state index in [0.717, 1.165) is 17.0 Å². The van der Waals surface area contributed by atoms with Gasteiger partial charge in [0, 0.05) is 31.8 Å². The number of hydrogen-bond donors (Lipinski definition) is 1. The Kier molecular flexibility index (Phi) is 3.45. The van der Waals surface area contributed by atoms with E-state index in [1.54, 1.807) is 16.4 Å². The molecule has 2 heterocycles. The van der Waals surface area contributed by atoms with Crippen LogP contribution in [0.4, 0.5) is 0 Å². The first kappa shape index (κ1) is 13.1. The first-order chi connectivity index (χ1) is 8.40. The molecule has 0 saturated heterocycles. The second-order valence-electron chi connectivity index (χ2n) is 4.53. The van der Waals surface area contributed by atoms with Crippen molar-refractivity contribution in [2.24, 2.45) is 14.1 Å². The second kappa shape index (κ2) is 4.74. The molecule has 1 atom stereocenters. The molecular formula is C12H17ClN4O. The van der Waals surface area contributed by atoms with Crippen LogP contribution >= 0.6 is 11.6 Å². The summed E-state index contributed by atoms with van der Waals surface area (Å²) >= 11 is 6.15. The molecule has 0 fully saturated rings. The van der Waals surface area contributed by atoms with Crippen LogP contribution in [-0.2, 0) is 20.5 Å². The molecule has 0 aliphatic heterocycles. The van der Waals surface area contributed by atoms with Crippen molar-refractivity contribution in [2.75, 3.05) is 0 Å². The summed E-state index contributed by atoms with van der Waals surface area (Å²) < 4.78 is 3.36. The highest BCUT2D eigenvalue weighted by Crippen LogP contribution is 2.25. The van der Waals surface area contributed by atoms with Crippen LogP contribution in [0.1, 0.15) is 28.7 Å². The van der Waals surface area contributed by atoms with Gasteiger partial charge in [0.05, 0.1) is 11.4 Å². The van der Waals surface area contributed by atoms with Gasteiger partial charge in [0.2, 0.25) is 0 Å². The first-order valence-corrected chi connectivity index (χ1v) is 6.14. The van der Waals surface area contributed by atoms with Gasteiger partial charge in [-0.2, -0.15) is 10.2 Å². The van der Waals surface area contributed by atoms with Gasteiger partial charge in [-0.25, -0.2) is 0 Å². The summed E-state index contributed by atoms with van der Waals surface area (Å²) in [5.41, 5.74) is 3.39. The zero-order chi connectivity index (χ0) is 13.4. The Balaban J connectivity index is 2.23. The molecule has 0 amide bonds. The number of nitrogens with zero attached hydrogens (tertiary/aromatic N) is 4. The van der Waals surface area contributed by atoms with E-state index < -0.39 is 6.10 Å². The van der Waals surface area contributed by atoms with Crippen molar-refractivity contribution in [1.82, 2.24) is 19.6 Å². The number of rotatable bonds is 3. The lowest BCUT2D eigenvalue weighted by molar-refractivity contribution is 0.172. The Bertz CT molecular complexity index is 553. The fourth-order valence-corrected chi connectivity index (χ4v) is 2.21. The number of aliphatic hydroxyl groups is 1. The molecule has 6 heteroatoms. The Hall–Kier alpha value is -1.33. The van der Waals surface area contributed by atoms with Crippen LogP contribution in [0.25, 0.3) is 0 Å². The van der Waals surface area contributed by atoms with Crippen LogP contribution in [0.5, 0.6) is 0 Å². The van der Waals surface area contributed by atoms with Crippen LogP contribution in [-0.4, -0.2) is 24.7 Å². The van der Waals surface area contributed by atoms with Crippen molar-refractivity contribution in [3.8, 4) is 0 Å². The van der Waals surface area contributed by atoms with Crippen molar-refractivity contribution >= 4 is 11.6 Å². The Labute approximate surface area is 111 Å². The van der Waals surface area contributed by atoms with Gasteiger partial charge in [0.15, 0.2) is 0 Å². The summed E-state index contributed by atoms with van der Waals surface area (Å²) in [5, 5.41) is 19.3. The van der Waals surface area contributed by atoms with Crippen molar-refractivity contribution in [3.63, 3.8) is 0 Å². The molecule has 0 saturated carbocycles. The van der Waals surface area contributed by atoms with Crippen LogP contribution in [0.3, 0.4) is 0 Å². The fourth-order valence-electron chi connectivity index (χ4n) is 1.95. The quantitative estimate of drug-likeness (QED) is 0.922. The molecule has 5 nitrogen and oxygen atoms in total. The standard InChI is InChI=1S/C12H17ClN4O/c1-7-5-10(15-16(7)3)11(18)6-9-8(2)14-17(4)12(9)13/h5,11,18H,6H2,1-4H3. The fraction of sp³-hybridized carbons (Fsp3) is 0.500. The maximum Gasteiger partial charge on any atom is 0.130 e. The topological polar surface area (TPSA) is 55.9 Å². The molecular weight excluding hydrogens is 252 g/mol. The Morgan fingerprint density at radius 2 is 1.94 bits per heavy atom. The third-order valence-corrected chi connectivity index (χ3v) is 3.61. The Morgan fingerprint density at radius 3 is 2.39 bits per heavy atom. The van der Waals surface area contributed by atoms with Crippen LogP contribution in [0.15, 0.2) is 6.07 Å². The van der Waals surface area contributed by atoms with E-state index in [-0.39, 0.29) is 0 Å². The second-order valence-corrected chi connectivity index (χ2v) is 4.89. The van der Waals surface area contributed by atoms with E-state index in [9.17, 15) is 5.11 Å². The van der Waals surface area contributed by atoms with Crippen LogP contribution in [0.2, 0.25) is 5.15 Å². The number of aliphatic hydroxyl groups excluding tert-OH is 1. The average molecular weight is 269 g/mol. The van der Waals surface area contributed by atoms with Crippen LogP contribution < -0.4 is 0 Å². The van der Waals surface area contributed by atoms with Gasteiger partial charge in [-0.1, -0.05) is 11.6 Å². The molecule has 2 aromatic rings. The monoisotopic (exact) mass is 268 g/mol.